The Balaban J connectivity index is 1.76. The molecular weight excluding hydrogens is 316 g/mol. The number of hydrogen-bond donors (Lipinski definition) is 2. The highest BCUT2D eigenvalue weighted by Crippen LogP contribution is 2.33. The first-order valence-electron chi connectivity index (χ1n) is 6.84. The van der Waals surface area contributed by atoms with Gasteiger partial charge in [-0.2, -0.15) is 0 Å². The summed E-state index contributed by atoms with van der Waals surface area (Å²) in [7, 11) is 0. The molecule has 0 bridgehead atoms. The van der Waals surface area contributed by atoms with Crippen molar-refractivity contribution in [1.29, 1.82) is 0 Å². The Morgan fingerprint density at radius 3 is 2.74 bits per heavy atom. The van der Waals surface area contributed by atoms with Crippen molar-refractivity contribution in [2.75, 3.05) is 17.9 Å². The van der Waals surface area contributed by atoms with Crippen LogP contribution in [0.1, 0.15) is 10.4 Å². The molecule has 2 aromatic rings. The number of para-hydroxylation sites is 1. The van der Waals surface area contributed by atoms with Crippen LogP contribution in [0.3, 0.4) is 0 Å². The number of fused-ring (bicyclic) bond motifs is 1. The van der Waals surface area contributed by atoms with E-state index in [2.05, 4.69) is 5.32 Å². The molecule has 1 heterocycles. The van der Waals surface area contributed by atoms with Crippen LogP contribution >= 0.6 is 11.8 Å². The van der Waals surface area contributed by atoms with Gasteiger partial charge in [0.15, 0.2) is 11.5 Å². The maximum absolute atomic E-state index is 12.4. The number of nitrogens with one attached hydrogen (secondary N) is 1. The SMILES string of the molecule is NC(=O)CSc1ccccc1NC(=O)c1ccc2c(c1)OCO2. The second-order valence-corrected chi connectivity index (χ2v) is 5.79. The highest BCUT2D eigenvalue weighted by atomic mass is 32.2. The summed E-state index contributed by atoms with van der Waals surface area (Å²) in [5.74, 6) is 0.645. The molecule has 7 heteroatoms. The Morgan fingerprint density at radius 1 is 1.13 bits per heavy atom. The van der Waals surface area contributed by atoms with E-state index in [-0.39, 0.29) is 18.5 Å². The first kappa shape index (κ1) is 15.2. The van der Waals surface area contributed by atoms with Gasteiger partial charge in [-0.25, -0.2) is 0 Å². The number of amides is 2. The summed E-state index contributed by atoms with van der Waals surface area (Å²) in [6.07, 6.45) is 0. The average Bonchev–Trinajstić information content (AvgIpc) is 3.01. The minimum Gasteiger partial charge on any atom is -0.454 e. The van der Waals surface area contributed by atoms with Crippen LogP contribution in [0.25, 0.3) is 0 Å². The molecule has 0 fully saturated rings. The summed E-state index contributed by atoms with van der Waals surface area (Å²) in [5.41, 5.74) is 6.25. The number of anilines is 1. The highest BCUT2D eigenvalue weighted by Gasteiger charge is 2.17. The minimum absolute atomic E-state index is 0.150. The molecule has 118 valence electrons. The van der Waals surface area contributed by atoms with Gasteiger partial charge in [0.05, 0.1) is 11.4 Å². The Morgan fingerprint density at radius 2 is 1.91 bits per heavy atom. The van der Waals surface area contributed by atoms with E-state index in [0.29, 0.717) is 22.7 Å². The van der Waals surface area contributed by atoms with Crippen LogP contribution in [0.4, 0.5) is 5.69 Å². The maximum atomic E-state index is 12.4. The molecule has 0 saturated heterocycles. The number of carbonyl (C=O) groups is 2. The van der Waals surface area contributed by atoms with Gasteiger partial charge in [-0.05, 0) is 30.3 Å². The zero-order valence-corrected chi connectivity index (χ0v) is 12.9. The fraction of sp³-hybridized carbons (Fsp3) is 0.125. The van der Waals surface area contributed by atoms with Crippen molar-refractivity contribution in [3.05, 3.63) is 48.0 Å². The lowest BCUT2D eigenvalue weighted by Crippen LogP contribution is -2.14. The van der Waals surface area contributed by atoms with Crippen molar-refractivity contribution in [3.8, 4) is 11.5 Å². The summed E-state index contributed by atoms with van der Waals surface area (Å²) in [4.78, 5) is 24.1. The molecule has 0 atom stereocenters. The fourth-order valence-electron chi connectivity index (χ4n) is 2.08. The topological polar surface area (TPSA) is 90.7 Å². The highest BCUT2D eigenvalue weighted by molar-refractivity contribution is 8.00. The number of carbonyl (C=O) groups excluding carboxylic acids is 2. The average molecular weight is 330 g/mol. The van der Waals surface area contributed by atoms with E-state index < -0.39 is 5.91 Å². The third-order valence-electron chi connectivity index (χ3n) is 3.14. The van der Waals surface area contributed by atoms with Gasteiger partial charge in [0.25, 0.3) is 5.91 Å². The van der Waals surface area contributed by atoms with Crippen LogP contribution in [0.15, 0.2) is 47.4 Å². The number of hydrogen-bond acceptors (Lipinski definition) is 5. The molecule has 1 aliphatic heterocycles. The third kappa shape index (κ3) is 3.57. The lowest BCUT2D eigenvalue weighted by Gasteiger charge is -2.10. The van der Waals surface area contributed by atoms with Crippen LogP contribution in [0.5, 0.6) is 11.5 Å². The zero-order chi connectivity index (χ0) is 16.2. The molecule has 2 aromatic carbocycles. The van der Waals surface area contributed by atoms with Crippen molar-refractivity contribution in [1.82, 2.24) is 0 Å². The van der Waals surface area contributed by atoms with Crippen molar-refractivity contribution >= 4 is 29.3 Å². The molecule has 0 spiro atoms. The lowest BCUT2D eigenvalue weighted by atomic mass is 10.2. The normalized spacial score (nSPS) is 12.0. The van der Waals surface area contributed by atoms with Crippen LogP contribution in [-0.4, -0.2) is 24.4 Å². The van der Waals surface area contributed by atoms with E-state index in [1.165, 1.54) is 11.8 Å². The Bertz CT molecular complexity index is 763. The monoisotopic (exact) mass is 330 g/mol. The standard InChI is InChI=1S/C16H14N2O4S/c17-15(19)8-23-14-4-2-1-3-11(14)18-16(20)10-5-6-12-13(7-10)22-9-21-12/h1-7H,8-9H2,(H2,17,19)(H,18,20). The van der Waals surface area contributed by atoms with Gasteiger partial charge in [0.1, 0.15) is 0 Å². The second-order valence-electron chi connectivity index (χ2n) is 4.77. The van der Waals surface area contributed by atoms with E-state index in [9.17, 15) is 9.59 Å². The van der Waals surface area contributed by atoms with Gasteiger partial charge in [-0.15, -0.1) is 11.8 Å². The van der Waals surface area contributed by atoms with Gasteiger partial charge in [0, 0.05) is 10.5 Å². The summed E-state index contributed by atoms with van der Waals surface area (Å²) < 4.78 is 10.5. The molecule has 23 heavy (non-hydrogen) atoms. The number of ether oxygens (including phenoxy) is 2. The molecule has 6 nitrogen and oxygen atoms in total. The number of nitrogens with two attached hydrogens (primary N) is 1. The minimum atomic E-state index is -0.410. The van der Waals surface area contributed by atoms with Crippen LogP contribution < -0.4 is 20.5 Å². The largest absolute Gasteiger partial charge is 0.454 e. The first-order valence-corrected chi connectivity index (χ1v) is 7.83. The second kappa shape index (κ2) is 6.62. The summed E-state index contributed by atoms with van der Waals surface area (Å²) in [6, 6.07) is 12.2. The van der Waals surface area contributed by atoms with E-state index in [0.717, 1.165) is 4.90 Å². The molecule has 0 aliphatic carbocycles. The molecule has 0 radical (unpaired) electrons. The summed E-state index contributed by atoms with van der Waals surface area (Å²) in [6.45, 7) is 0.160. The van der Waals surface area contributed by atoms with Crippen LogP contribution in [0, 0.1) is 0 Å². The Kier molecular flexibility index (Phi) is 4.38. The predicted octanol–water partition coefficient (Wildman–Crippen LogP) is 2.25. The molecule has 2 amide bonds. The molecule has 0 saturated carbocycles. The third-order valence-corrected chi connectivity index (χ3v) is 4.24. The van der Waals surface area contributed by atoms with Crippen molar-refractivity contribution in [3.63, 3.8) is 0 Å². The van der Waals surface area contributed by atoms with Gasteiger partial charge in [-0.1, -0.05) is 12.1 Å². The van der Waals surface area contributed by atoms with E-state index in [1.54, 1.807) is 24.3 Å². The predicted molar refractivity (Wildman–Crippen MR) is 86.9 cm³/mol. The van der Waals surface area contributed by atoms with Crippen molar-refractivity contribution < 1.29 is 19.1 Å². The smallest absolute Gasteiger partial charge is 0.255 e. The number of benzene rings is 2. The van der Waals surface area contributed by atoms with E-state index in [1.807, 2.05) is 18.2 Å². The number of primary amides is 1. The quantitative estimate of drug-likeness (QED) is 0.821. The molecule has 0 unspecified atom stereocenters. The van der Waals surface area contributed by atoms with E-state index >= 15 is 0 Å². The zero-order valence-electron chi connectivity index (χ0n) is 12.1. The Labute approximate surface area is 137 Å². The van der Waals surface area contributed by atoms with Crippen LogP contribution in [0.2, 0.25) is 0 Å². The lowest BCUT2D eigenvalue weighted by molar-refractivity contribution is -0.115. The summed E-state index contributed by atoms with van der Waals surface area (Å²) >= 11 is 1.28. The summed E-state index contributed by atoms with van der Waals surface area (Å²) in [5, 5.41) is 2.83. The number of thioether (sulfide) groups is 1. The van der Waals surface area contributed by atoms with Gasteiger partial charge < -0.3 is 20.5 Å². The molecule has 3 rings (SSSR count). The maximum Gasteiger partial charge on any atom is 0.255 e. The van der Waals surface area contributed by atoms with Crippen molar-refractivity contribution in [2.24, 2.45) is 5.73 Å². The fourth-order valence-corrected chi connectivity index (χ4v) is 2.82. The molecule has 0 aromatic heterocycles. The first-order chi connectivity index (χ1) is 11.1. The van der Waals surface area contributed by atoms with E-state index in [4.69, 9.17) is 15.2 Å². The molecular formula is C16H14N2O4S. The number of rotatable bonds is 5. The Hall–Kier alpha value is -2.67. The van der Waals surface area contributed by atoms with Crippen molar-refractivity contribution in [2.45, 2.75) is 4.90 Å². The van der Waals surface area contributed by atoms with Gasteiger partial charge >= 0.3 is 0 Å². The molecule has 1 aliphatic rings. The molecule has 3 N–H and O–H groups in total. The van der Waals surface area contributed by atoms with Gasteiger partial charge in [-0.3, -0.25) is 9.59 Å². The van der Waals surface area contributed by atoms with Crippen LogP contribution in [-0.2, 0) is 4.79 Å². The van der Waals surface area contributed by atoms with Gasteiger partial charge in [0.2, 0.25) is 12.7 Å².